The second-order valence-corrected chi connectivity index (χ2v) is 6.74. The summed E-state index contributed by atoms with van der Waals surface area (Å²) in [5.74, 6) is 0.432. The first-order valence-electron chi connectivity index (χ1n) is 8.49. The molecule has 142 valence electrons. The van der Waals surface area contributed by atoms with Crippen LogP contribution in [0.4, 0.5) is 24.8 Å². The highest BCUT2D eigenvalue weighted by molar-refractivity contribution is 6.64. The molecule has 1 fully saturated rings. The van der Waals surface area contributed by atoms with Gasteiger partial charge in [-0.3, -0.25) is 0 Å². The zero-order chi connectivity index (χ0) is 19.4. The quantitative estimate of drug-likeness (QED) is 0.475. The molecule has 0 saturated carbocycles. The lowest BCUT2D eigenvalue weighted by molar-refractivity contribution is -0.137. The first-order chi connectivity index (χ1) is 12.9. The summed E-state index contributed by atoms with van der Waals surface area (Å²) in [6.45, 7) is 1.78. The lowest BCUT2D eigenvalue weighted by Crippen LogP contribution is -2.36. The number of hydrogen-bond acceptors (Lipinski definition) is 5. The van der Waals surface area contributed by atoms with Crippen molar-refractivity contribution < 1.29 is 18.0 Å². The predicted molar refractivity (Wildman–Crippen MR) is 99.2 cm³/mol. The molecule has 3 rings (SSSR count). The monoisotopic (exact) mass is 396 g/mol. The molecule has 0 bridgehead atoms. The van der Waals surface area contributed by atoms with Gasteiger partial charge in [0, 0.05) is 11.9 Å². The number of nitrogens with zero attached hydrogens (tertiary/aromatic N) is 3. The van der Waals surface area contributed by atoms with Crippen LogP contribution in [0.15, 0.2) is 30.5 Å². The molecule has 0 spiro atoms. The fraction of sp³-hybridized carbons (Fsp3) is 0.353. The smallest absolute Gasteiger partial charge is 0.339 e. The molecule has 0 atom stereocenters. The summed E-state index contributed by atoms with van der Waals surface area (Å²) >= 11 is 5.60. The normalized spacial score (nSPS) is 16.1. The van der Waals surface area contributed by atoms with Crippen molar-refractivity contribution in [3.05, 3.63) is 46.7 Å². The van der Waals surface area contributed by atoms with Gasteiger partial charge < -0.3 is 14.9 Å². The molecule has 1 aliphatic rings. The van der Waals surface area contributed by atoms with Gasteiger partial charge >= 0.3 is 6.18 Å². The third kappa shape index (κ3) is 4.98. The second kappa shape index (κ2) is 8.27. The van der Waals surface area contributed by atoms with Gasteiger partial charge in [-0.05, 0) is 49.5 Å². The Balaban J connectivity index is 1.63. The number of carbonyl (C=O) groups excluding carboxylic acids is 1. The molecular weight excluding hydrogens is 379 g/mol. The largest absolute Gasteiger partial charge is 0.420 e. The summed E-state index contributed by atoms with van der Waals surface area (Å²) in [4.78, 5) is 20.0. The van der Waals surface area contributed by atoms with Crippen LogP contribution in [0.5, 0.6) is 0 Å². The van der Waals surface area contributed by atoms with E-state index >= 15 is 0 Å². The Morgan fingerprint density at radius 1 is 1.22 bits per heavy atom. The predicted octanol–water partition coefficient (Wildman–Crippen LogP) is 3.61. The van der Waals surface area contributed by atoms with Gasteiger partial charge in [0.1, 0.15) is 10.7 Å². The fourth-order valence-electron chi connectivity index (χ4n) is 3.13. The minimum Gasteiger partial charge on any atom is -0.339 e. The number of anilines is 2. The van der Waals surface area contributed by atoms with E-state index in [1.807, 2.05) is 24.3 Å². The van der Waals surface area contributed by atoms with E-state index in [0.717, 1.165) is 32.1 Å². The number of alkyl halides is 3. The molecule has 1 aliphatic heterocycles. The maximum atomic E-state index is 12.7. The molecule has 1 saturated heterocycles. The molecule has 0 unspecified atom stereocenters. The van der Waals surface area contributed by atoms with E-state index in [4.69, 9.17) is 11.6 Å². The van der Waals surface area contributed by atoms with Crippen LogP contribution in [0.2, 0.25) is 5.15 Å². The van der Waals surface area contributed by atoms with E-state index in [1.165, 1.54) is 5.56 Å². The van der Waals surface area contributed by atoms with Gasteiger partial charge in [-0.25, -0.2) is 9.97 Å². The molecule has 5 nitrogen and oxygen atoms in total. The first-order valence-corrected chi connectivity index (χ1v) is 8.87. The first kappa shape index (κ1) is 19.6. The number of carbonyl (C=O) groups is 1. The lowest BCUT2D eigenvalue weighted by atomic mass is 9.84. The van der Waals surface area contributed by atoms with Gasteiger partial charge in [-0.2, -0.15) is 13.2 Å². The molecule has 0 aliphatic carbocycles. The van der Waals surface area contributed by atoms with Crippen molar-refractivity contribution in [3.8, 4) is 0 Å². The van der Waals surface area contributed by atoms with E-state index in [0.29, 0.717) is 25.2 Å². The van der Waals surface area contributed by atoms with Crippen LogP contribution >= 0.6 is 11.6 Å². The zero-order valence-electron chi connectivity index (χ0n) is 14.3. The van der Waals surface area contributed by atoms with E-state index in [-0.39, 0.29) is 5.95 Å². The Morgan fingerprint density at radius 3 is 2.44 bits per heavy atom. The molecule has 2 heterocycles. The van der Waals surface area contributed by atoms with Crippen LogP contribution in [-0.4, -0.2) is 41.5 Å². The van der Waals surface area contributed by atoms with E-state index in [9.17, 15) is 18.0 Å². The van der Waals surface area contributed by atoms with Crippen molar-refractivity contribution in [2.75, 3.05) is 18.4 Å². The standard InChI is InChI=1S/C17H17BClF3N4O/c19-15-14(17(20,21)22)9-23-16(25-15)24-13-3-1-11(2-4-13)12-5-7-26(8-6-12)18-10-27/h1-4,9-10,12,18H,5-8H2,(H,23,24,25). The highest BCUT2D eigenvalue weighted by atomic mass is 35.5. The summed E-state index contributed by atoms with van der Waals surface area (Å²) in [5.41, 5.74) is 0.789. The Morgan fingerprint density at radius 2 is 1.89 bits per heavy atom. The summed E-state index contributed by atoms with van der Waals surface area (Å²) in [6, 6.07) is 7.63. The maximum absolute atomic E-state index is 12.7. The Kier molecular flexibility index (Phi) is 6.01. The number of piperidine rings is 1. The van der Waals surface area contributed by atoms with Crippen LogP contribution in [0, 0.1) is 0 Å². The number of nitrogens with one attached hydrogen (secondary N) is 1. The molecule has 1 N–H and O–H groups in total. The van der Waals surface area contributed by atoms with Gasteiger partial charge in [-0.1, -0.05) is 23.7 Å². The van der Waals surface area contributed by atoms with Crippen molar-refractivity contribution in [2.24, 2.45) is 0 Å². The molecule has 1 aromatic heterocycles. The third-order valence-electron chi connectivity index (χ3n) is 4.61. The molecule has 0 radical (unpaired) electrons. The molecule has 27 heavy (non-hydrogen) atoms. The van der Waals surface area contributed by atoms with Crippen LogP contribution in [0.25, 0.3) is 0 Å². The van der Waals surface area contributed by atoms with Gasteiger partial charge in [0.2, 0.25) is 5.95 Å². The zero-order valence-corrected chi connectivity index (χ0v) is 15.1. The number of halogens is 4. The average molecular weight is 397 g/mol. The SMILES string of the molecule is O=CBN1CCC(c2ccc(Nc3ncc(C(F)(F)F)c(Cl)n3)cc2)CC1. The third-order valence-corrected chi connectivity index (χ3v) is 4.89. The summed E-state index contributed by atoms with van der Waals surface area (Å²) in [6.07, 6.45) is -1.02. The van der Waals surface area contributed by atoms with Crippen molar-refractivity contribution in [2.45, 2.75) is 24.9 Å². The molecule has 1 aromatic carbocycles. The second-order valence-electron chi connectivity index (χ2n) is 6.38. The minimum atomic E-state index is -4.58. The molecular formula is C17H17BClF3N4O. The van der Waals surface area contributed by atoms with Crippen molar-refractivity contribution in [3.63, 3.8) is 0 Å². The number of hydrogen-bond donors (Lipinski definition) is 1. The average Bonchev–Trinajstić information content (AvgIpc) is 2.62. The minimum absolute atomic E-state index is 0.00270. The Bertz CT molecular complexity index is 796. The van der Waals surface area contributed by atoms with E-state index in [1.54, 1.807) is 0 Å². The van der Waals surface area contributed by atoms with Gasteiger partial charge in [-0.15, -0.1) is 0 Å². The van der Waals surface area contributed by atoms with Gasteiger partial charge in [0.05, 0.1) is 6.19 Å². The van der Waals surface area contributed by atoms with Crippen molar-refractivity contribution in [1.29, 1.82) is 0 Å². The van der Waals surface area contributed by atoms with Crippen LogP contribution in [-0.2, 0) is 11.0 Å². The summed E-state index contributed by atoms with van der Waals surface area (Å²) in [7, 11) is 0.477. The fourth-order valence-corrected chi connectivity index (χ4v) is 3.37. The lowest BCUT2D eigenvalue weighted by Gasteiger charge is -2.30. The number of benzene rings is 1. The Hall–Kier alpha value is -2.13. The van der Waals surface area contributed by atoms with Crippen molar-refractivity contribution >= 4 is 36.8 Å². The van der Waals surface area contributed by atoms with Gasteiger partial charge in [0.15, 0.2) is 0 Å². The Labute approximate surface area is 160 Å². The topological polar surface area (TPSA) is 58.1 Å². The molecule has 10 heteroatoms. The van der Waals surface area contributed by atoms with Crippen LogP contribution < -0.4 is 5.32 Å². The van der Waals surface area contributed by atoms with E-state index < -0.39 is 16.9 Å². The number of aromatic nitrogens is 2. The highest BCUT2D eigenvalue weighted by Gasteiger charge is 2.34. The van der Waals surface area contributed by atoms with Gasteiger partial charge in [0.25, 0.3) is 7.41 Å². The van der Waals surface area contributed by atoms with E-state index in [2.05, 4.69) is 20.1 Å². The van der Waals surface area contributed by atoms with Crippen molar-refractivity contribution in [1.82, 2.24) is 14.8 Å². The van der Waals surface area contributed by atoms with Crippen LogP contribution in [0.1, 0.15) is 29.9 Å². The summed E-state index contributed by atoms with van der Waals surface area (Å²) < 4.78 is 38.1. The maximum Gasteiger partial charge on any atom is 0.420 e. The molecule has 0 amide bonds. The number of rotatable bonds is 5. The van der Waals surface area contributed by atoms with Crippen LogP contribution in [0.3, 0.4) is 0 Å². The highest BCUT2D eigenvalue weighted by Crippen LogP contribution is 2.34. The molecule has 2 aromatic rings. The summed E-state index contributed by atoms with van der Waals surface area (Å²) in [5, 5.41) is 2.22.